The molecule has 0 saturated heterocycles. The highest BCUT2D eigenvalue weighted by atomic mass is 32.1. The van der Waals surface area contributed by atoms with E-state index in [9.17, 15) is 0 Å². The molecule has 0 amide bonds. The fourth-order valence-corrected chi connectivity index (χ4v) is 2.90. The zero-order chi connectivity index (χ0) is 13.2. The molecule has 0 unspecified atom stereocenters. The van der Waals surface area contributed by atoms with E-state index in [-0.39, 0.29) is 0 Å². The Balaban J connectivity index is 1.92. The number of thiophene rings is 1. The van der Waals surface area contributed by atoms with E-state index < -0.39 is 0 Å². The van der Waals surface area contributed by atoms with Crippen molar-refractivity contribution in [1.29, 1.82) is 0 Å². The fourth-order valence-electron chi connectivity index (χ4n) is 2.16. The highest BCUT2D eigenvalue weighted by molar-refractivity contribution is 7.13. The molecule has 0 aromatic carbocycles. The van der Waals surface area contributed by atoms with Crippen molar-refractivity contribution >= 4 is 11.3 Å². The van der Waals surface area contributed by atoms with Gasteiger partial charge in [0.2, 0.25) is 0 Å². The molecule has 19 heavy (non-hydrogen) atoms. The van der Waals surface area contributed by atoms with Crippen LogP contribution in [-0.2, 0) is 6.54 Å². The van der Waals surface area contributed by atoms with Crippen LogP contribution in [0.1, 0.15) is 25.6 Å². The first-order valence-electron chi connectivity index (χ1n) is 6.31. The second kappa shape index (κ2) is 5.01. The van der Waals surface area contributed by atoms with Crippen LogP contribution in [0.25, 0.3) is 10.7 Å². The minimum atomic E-state index is 0.422. The fraction of sp³-hybridized carbons (Fsp3) is 0.286. The first-order chi connectivity index (χ1) is 9.25. The Kier molecular flexibility index (Phi) is 3.21. The lowest BCUT2D eigenvalue weighted by Crippen LogP contribution is -2.09. The molecule has 0 bridgehead atoms. The summed E-state index contributed by atoms with van der Waals surface area (Å²) in [6, 6.07) is 4.58. The predicted molar refractivity (Wildman–Crippen MR) is 77.3 cm³/mol. The second-order valence-corrected chi connectivity index (χ2v) is 5.69. The highest BCUT2D eigenvalue weighted by Crippen LogP contribution is 2.23. The van der Waals surface area contributed by atoms with Crippen LogP contribution < -0.4 is 0 Å². The van der Waals surface area contributed by atoms with E-state index in [1.165, 1.54) is 10.6 Å². The van der Waals surface area contributed by atoms with Crippen molar-refractivity contribution in [1.82, 2.24) is 19.1 Å². The summed E-state index contributed by atoms with van der Waals surface area (Å²) in [7, 11) is 0. The van der Waals surface area contributed by atoms with Crippen molar-refractivity contribution in [3.8, 4) is 10.7 Å². The standard InChI is InChI=1S/C14H16N4S/c1-11(2)18-10-15-8-12(18)9-17-6-5-16-14(17)13-4-3-7-19-13/h3-8,10-11H,9H2,1-2H3. The van der Waals surface area contributed by atoms with Crippen LogP contribution in [0.15, 0.2) is 42.4 Å². The summed E-state index contributed by atoms with van der Waals surface area (Å²) < 4.78 is 4.36. The van der Waals surface area contributed by atoms with E-state index >= 15 is 0 Å². The van der Waals surface area contributed by atoms with Gasteiger partial charge in [0.05, 0.1) is 23.4 Å². The maximum absolute atomic E-state index is 4.46. The summed E-state index contributed by atoms with van der Waals surface area (Å²) in [6.07, 6.45) is 7.69. The Morgan fingerprint density at radius 3 is 3.00 bits per heavy atom. The molecule has 0 aliphatic carbocycles. The third kappa shape index (κ3) is 2.33. The van der Waals surface area contributed by atoms with Crippen LogP contribution in [0.4, 0.5) is 0 Å². The Morgan fingerprint density at radius 2 is 2.26 bits per heavy atom. The van der Waals surface area contributed by atoms with Gasteiger partial charge in [0, 0.05) is 24.6 Å². The molecule has 5 heteroatoms. The number of rotatable bonds is 4. The molecule has 0 radical (unpaired) electrons. The number of aromatic nitrogens is 4. The summed E-state index contributed by atoms with van der Waals surface area (Å²) >= 11 is 1.71. The molecule has 98 valence electrons. The van der Waals surface area contributed by atoms with Gasteiger partial charge < -0.3 is 9.13 Å². The van der Waals surface area contributed by atoms with Crippen LogP contribution in [-0.4, -0.2) is 19.1 Å². The lowest BCUT2D eigenvalue weighted by atomic mass is 10.3. The Bertz CT molecular complexity index is 649. The molecule has 0 N–H and O–H groups in total. The molecule has 0 atom stereocenters. The van der Waals surface area contributed by atoms with Crippen molar-refractivity contribution in [2.24, 2.45) is 0 Å². The van der Waals surface area contributed by atoms with Crippen LogP contribution in [0, 0.1) is 0 Å². The van der Waals surface area contributed by atoms with Gasteiger partial charge in [-0.1, -0.05) is 6.07 Å². The SMILES string of the molecule is CC(C)n1cncc1Cn1ccnc1-c1cccs1. The maximum Gasteiger partial charge on any atom is 0.150 e. The molecule has 0 fully saturated rings. The van der Waals surface area contributed by atoms with Crippen molar-refractivity contribution in [2.45, 2.75) is 26.4 Å². The number of hydrogen-bond donors (Lipinski definition) is 0. The molecule has 3 rings (SSSR count). The first kappa shape index (κ1) is 12.2. The minimum absolute atomic E-state index is 0.422. The topological polar surface area (TPSA) is 35.6 Å². The largest absolute Gasteiger partial charge is 0.330 e. The van der Waals surface area contributed by atoms with Gasteiger partial charge in [-0.15, -0.1) is 11.3 Å². The smallest absolute Gasteiger partial charge is 0.150 e. The van der Waals surface area contributed by atoms with Crippen LogP contribution in [0.2, 0.25) is 0 Å². The molecule has 0 spiro atoms. The van der Waals surface area contributed by atoms with Crippen molar-refractivity contribution in [2.75, 3.05) is 0 Å². The minimum Gasteiger partial charge on any atom is -0.330 e. The Hall–Kier alpha value is -1.88. The zero-order valence-electron chi connectivity index (χ0n) is 11.0. The van der Waals surface area contributed by atoms with Crippen LogP contribution in [0.5, 0.6) is 0 Å². The van der Waals surface area contributed by atoms with Crippen LogP contribution >= 0.6 is 11.3 Å². The van der Waals surface area contributed by atoms with E-state index in [0.717, 1.165) is 12.4 Å². The molecule has 0 saturated carbocycles. The van der Waals surface area contributed by atoms with Crippen LogP contribution in [0.3, 0.4) is 0 Å². The van der Waals surface area contributed by atoms with Gasteiger partial charge in [-0.2, -0.15) is 0 Å². The third-order valence-corrected chi connectivity index (χ3v) is 3.96. The molecule has 4 nitrogen and oxygen atoms in total. The summed E-state index contributed by atoms with van der Waals surface area (Å²) in [5, 5.41) is 2.08. The van der Waals surface area contributed by atoms with Gasteiger partial charge >= 0.3 is 0 Å². The van der Waals surface area contributed by atoms with Gasteiger partial charge in [0.25, 0.3) is 0 Å². The summed E-state index contributed by atoms with van der Waals surface area (Å²) in [4.78, 5) is 9.90. The van der Waals surface area contributed by atoms with Crippen molar-refractivity contribution in [3.63, 3.8) is 0 Å². The quantitative estimate of drug-likeness (QED) is 0.729. The predicted octanol–water partition coefficient (Wildman–Crippen LogP) is 3.44. The number of nitrogens with zero attached hydrogens (tertiary/aromatic N) is 4. The molecule has 3 aromatic rings. The summed E-state index contributed by atoms with van der Waals surface area (Å²) in [5.74, 6) is 1.02. The van der Waals surface area contributed by atoms with E-state index in [0.29, 0.717) is 6.04 Å². The molecule has 3 aromatic heterocycles. The maximum atomic E-state index is 4.46. The number of hydrogen-bond acceptors (Lipinski definition) is 3. The average Bonchev–Trinajstić information content (AvgIpc) is 3.09. The van der Waals surface area contributed by atoms with Gasteiger partial charge in [0.1, 0.15) is 5.82 Å². The first-order valence-corrected chi connectivity index (χ1v) is 7.19. The number of imidazole rings is 2. The van der Waals surface area contributed by atoms with E-state index in [4.69, 9.17) is 0 Å². The molecule has 3 heterocycles. The van der Waals surface area contributed by atoms with Crippen molar-refractivity contribution in [3.05, 3.63) is 48.1 Å². The summed E-state index contributed by atoms with van der Waals surface area (Å²) in [6.45, 7) is 5.13. The Morgan fingerprint density at radius 1 is 1.37 bits per heavy atom. The van der Waals surface area contributed by atoms with E-state index in [2.05, 4.69) is 50.5 Å². The molecule has 0 aliphatic rings. The Labute approximate surface area is 116 Å². The normalized spacial score (nSPS) is 11.3. The average molecular weight is 272 g/mol. The molecule has 0 aliphatic heterocycles. The summed E-state index contributed by atoms with van der Waals surface area (Å²) in [5.41, 5.74) is 1.20. The second-order valence-electron chi connectivity index (χ2n) is 4.74. The lowest BCUT2D eigenvalue weighted by Gasteiger charge is -2.13. The van der Waals surface area contributed by atoms with Gasteiger partial charge in [0.15, 0.2) is 0 Å². The van der Waals surface area contributed by atoms with Gasteiger partial charge in [-0.05, 0) is 25.3 Å². The van der Waals surface area contributed by atoms with Gasteiger partial charge in [-0.3, -0.25) is 0 Å². The monoisotopic (exact) mass is 272 g/mol. The third-order valence-electron chi connectivity index (χ3n) is 3.09. The molecular formula is C14H16N4S. The zero-order valence-corrected chi connectivity index (χ0v) is 11.8. The highest BCUT2D eigenvalue weighted by Gasteiger charge is 2.10. The van der Waals surface area contributed by atoms with E-state index in [1.54, 1.807) is 11.3 Å². The van der Waals surface area contributed by atoms with Crippen molar-refractivity contribution < 1.29 is 0 Å². The molecular weight excluding hydrogens is 256 g/mol. The lowest BCUT2D eigenvalue weighted by molar-refractivity contribution is 0.562. The van der Waals surface area contributed by atoms with E-state index in [1.807, 2.05) is 24.9 Å². The van der Waals surface area contributed by atoms with Gasteiger partial charge in [-0.25, -0.2) is 9.97 Å².